The quantitative estimate of drug-likeness (QED) is 0.149. The summed E-state index contributed by atoms with van der Waals surface area (Å²) in [4.78, 5) is 13.7. The molecule has 0 radical (unpaired) electrons. The van der Waals surface area contributed by atoms with Gasteiger partial charge in [0.15, 0.2) is 0 Å². The van der Waals surface area contributed by atoms with Gasteiger partial charge in [-0.2, -0.15) is 26.3 Å². The smallest absolute Gasteiger partial charge is 0.399 e. The van der Waals surface area contributed by atoms with Crippen molar-refractivity contribution in [2.75, 3.05) is 21.3 Å². The van der Waals surface area contributed by atoms with Gasteiger partial charge in [-0.15, -0.1) is 0 Å². The van der Waals surface area contributed by atoms with Crippen LogP contribution in [0.15, 0.2) is 86.7 Å². The molecular formula is C30H32BrF6N3O3. The maximum absolute atomic E-state index is 12.8. The molecule has 43 heavy (non-hydrogen) atoms. The van der Waals surface area contributed by atoms with Gasteiger partial charge in [0, 0.05) is 15.6 Å². The molecule has 0 saturated heterocycles. The van der Waals surface area contributed by atoms with Gasteiger partial charge in [-0.05, 0) is 57.5 Å². The lowest BCUT2D eigenvalue weighted by Gasteiger charge is -2.15. The van der Waals surface area contributed by atoms with Gasteiger partial charge in [-0.1, -0.05) is 79.4 Å². The summed E-state index contributed by atoms with van der Waals surface area (Å²) in [6.45, 7) is 7.11. The molecule has 0 N–H and O–H groups in total. The van der Waals surface area contributed by atoms with Crippen LogP contribution in [0.1, 0.15) is 54.2 Å². The van der Waals surface area contributed by atoms with Crippen molar-refractivity contribution < 1.29 is 40.9 Å². The van der Waals surface area contributed by atoms with E-state index in [0.717, 1.165) is 40.2 Å². The predicted octanol–water partition coefficient (Wildman–Crippen LogP) is 9.28. The Labute approximate surface area is 255 Å². The molecule has 0 saturated carbocycles. The molecular weight excluding hydrogens is 644 g/mol. The zero-order valence-electron chi connectivity index (χ0n) is 24.6. The Morgan fingerprint density at radius 2 is 1.12 bits per heavy atom. The lowest BCUT2D eigenvalue weighted by Crippen LogP contribution is -2.15. The second kappa shape index (κ2) is 17.3. The molecule has 0 fully saturated rings. The number of oxime groups is 3. The summed E-state index contributed by atoms with van der Waals surface area (Å²) in [5.41, 5.74) is 1.79. The van der Waals surface area contributed by atoms with E-state index in [1.807, 2.05) is 50.2 Å². The van der Waals surface area contributed by atoms with Crippen molar-refractivity contribution >= 4 is 33.1 Å². The van der Waals surface area contributed by atoms with E-state index in [-0.39, 0.29) is 11.8 Å². The second-order valence-corrected chi connectivity index (χ2v) is 9.63. The summed E-state index contributed by atoms with van der Waals surface area (Å²) in [7, 11) is 4.22. The van der Waals surface area contributed by atoms with E-state index in [2.05, 4.69) is 65.0 Å². The highest BCUT2D eigenvalue weighted by atomic mass is 79.9. The molecule has 0 atom stereocenters. The largest absolute Gasteiger partial charge is 0.417 e. The first kappa shape index (κ1) is 37.2. The maximum atomic E-state index is 12.8. The van der Waals surface area contributed by atoms with Gasteiger partial charge in [-0.25, -0.2) is 0 Å². The van der Waals surface area contributed by atoms with E-state index in [4.69, 9.17) is 0 Å². The molecule has 0 aromatic heterocycles. The highest BCUT2D eigenvalue weighted by Crippen LogP contribution is 2.37. The first-order chi connectivity index (χ1) is 20.0. The second-order valence-electron chi connectivity index (χ2n) is 8.71. The van der Waals surface area contributed by atoms with Crippen LogP contribution < -0.4 is 0 Å². The summed E-state index contributed by atoms with van der Waals surface area (Å²) < 4.78 is 76.6. The number of rotatable bonds is 6. The highest BCUT2D eigenvalue weighted by Gasteiger charge is 2.38. The SMILES string of the molecule is CO/N=C(\C)c1ccc(C(F)(F)F)cc1C(F)(F)F.CO/N=C(\C)c1cccc(Br)c1.CO/N=C(\C)c1cccc(C)c1. The molecule has 3 aromatic rings. The third kappa shape index (κ3) is 12.9. The predicted molar refractivity (Wildman–Crippen MR) is 159 cm³/mol. The first-order valence-electron chi connectivity index (χ1n) is 12.4. The third-order valence-corrected chi connectivity index (χ3v) is 5.90. The van der Waals surface area contributed by atoms with E-state index in [1.165, 1.54) is 12.5 Å². The van der Waals surface area contributed by atoms with Gasteiger partial charge in [0.05, 0.1) is 28.3 Å². The molecule has 13 heteroatoms. The van der Waals surface area contributed by atoms with Gasteiger partial charge in [0.1, 0.15) is 21.3 Å². The van der Waals surface area contributed by atoms with Crippen LogP contribution in [0.4, 0.5) is 26.3 Å². The maximum Gasteiger partial charge on any atom is 0.417 e. The number of aryl methyl sites for hydroxylation is 1. The Morgan fingerprint density at radius 1 is 0.628 bits per heavy atom. The number of nitrogens with zero attached hydrogens (tertiary/aromatic N) is 3. The number of halogens is 7. The molecule has 3 aromatic carbocycles. The number of alkyl halides is 6. The van der Waals surface area contributed by atoms with Gasteiger partial charge in [-0.3, -0.25) is 0 Å². The lowest BCUT2D eigenvalue weighted by atomic mass is 10.00. The van der Waals surface area contributed by atoms with E-state index >= 15 is 0 Å². The van der Waals surface area contributed by atoms with Crippen molar-refractivity contribution in [1.29, 1.82) is 0 Å². The van der Waals surface area contributed by atoms with Crippen LogP contribution >= 0.6 is 15.9 Å². The summed E-state index contributed by atoms with van der Waals surface area (Å²) in [5, 5.41) is 11.0. The van der Waals surface area contributed by atoms with E-state index in [9.17, 15) is 26.3 Å². The van der Waals surface area contributed by atoms with E-state index < -0.39 is 29.0 Å². The average molecular weight is 676 g/mol. The summed E-state index contributed by atoms with van der Waals surface area (Å²) in [5.74, 6) is 0. The Hall–Kier alpha value is -3.87. The Balaban J connectivity index is 0.000000337. The van der Waals surface area contributed by atoms with E-state index in [0.29, 0.717) is 6.07 Å². The zero-order chi connectivity index (χ0) is 32.8. The molecule has 0 aliphatic carbocycles. The van der Waals surface area contributed by atoms with E-state index in [1.54, 1.807) is 14.2 Å². The van der Waals surface area contributed by atoms with Crippen molar-refractivity contribution in [3.05, 3.63) is 105 Å². The Kier molecular flexibility index (Phi) is 14.9. The molecule has 0 aliphatic rings. The standard InChI is InChI=1S/C11H9F6NO.C10H13NO.C9H10BrNO/c1-6(18-19-2)8-4-3-7(10(12,13)14)5-9(8)11(15,16)17;1-8-5-4-6-10(7-8)9(2)11-12-3;1-7(11-12-2)8-4-3-5-9(10)6-8/h3-5H,1-2H3;4-7H,1-3H3;3-6H,1-2H3/b18-6+;11-9+;11-7+. The third-order valence-electron chi connectivity index (χ3n) is 5.40. The van der Waals surface area contributed by atoms with Crippen LogP contribution in [-0.4, -0.2) is 38.5 Å². The monoisotopic (exact) mass is 675 g/mol. The fourth-order valence-corrected chi connectivity index (χ4v) is 3.82. The summed E-state index contributed by atoms with van der Waals surface area (Å²) >= 11 is 3.39. The van der Waals surface area contributed by atoms with Crippen LogP contribution in [-0.2, 0) is 26.9 Å². The van der Waals surface area contributed by atoms with Crippen molar-refractivity contribution in [3.63, 3.8) is 0 Å². The van der Waals surface area contributed by atoms with Crippen LogP contribution in [0, 0.1) is 6.92 Å². The normalized spacial score (nSPS) is 12.4. The highest BCUT2D eigenvalue weighted by molar-refractivity contribution is 9.10. The fourth-order valence-electron chi connectivity index (χ4n) is 3.42. The molecule has 6 nitrogen and oxygen atoms in total. The van der Waals surface area contributed by atoms with Crippen LogP contribution in [0.5, 0.6) is 0 Å². The minimum atomic E-state index is -4.92. The molecule has 0 amide bonds. The van der Waals surface area contributed by atoms with Crippen molar-refractivity contribution in [2.45, 2.75) is 40.0 Å². The summed E-state index contributed by atoms with van der Waals surface area (Å²) in [6.07, 6.45) is -9.76. The minimum absolute atomic E-state index is 0.0595. The Morgan fingerprint density at radius 3 is 1.56 bits per heavy atom. The summed E-state index contributed by atoms with van der Waals surface area (Å²) in [6, 6.07) is 17.5. The van der Waals surface area contributed by atoms with Gasteiger partial charge < -0.3 is 14.5 Å². The topological polar surface area (TPSA) is 64.8 Å². The van der Waals surface area contributed by atoms with Crippen molar-refractivity contribution in [1.82, 2.24) is 0 Å². The van der Waals surface area contributed by atoms with Crippen LogP contribution in [0.2, 0.25) is 0 Å². The van der Waals surface area contributed by atoms with Gasteiger partial charge in [0.25, 0.3) is 0 Å². The van der Waals surface area contributed by atoms with Gasteiger partial charge >= 0.3 is 12.4 Å². The molecule has 0 heterocycles. The van der Waals surface area contributed by atoms with Crippen molar-refractivity contribution in [3.8, 4) is 0 Å². The van der Waals surface area contributed by atoms with Crippen molar-refractivity contribution in [2.24, 2.45) is 15.5 Å². The minimum Gasteiger partial charge on any atom is -0.399 e. The Bertz CT molecular complexity index is 1360. The first-order valence-corrected chi connectivity index (χ1v) is 13.2. The molecule has 0 aliphatic heterocycles. The number of hydrogen-bond donors (Lipinski definition) is 0. The average Bonchev–Trinajstić information content (AvgIpc) is 2.93. The fraction of sp³-hybridized carbons (Fsp3) is 0.300. The van der Waals surface area contributed by atoms with Crippen LogP contribution in [0.25, 0.3) is 0 Å². The molecule has 0 bridgehead atoms. The lowest BCUT2D eigenvalue weighted by molar-refractivity contribution is -0.143. The van der Waals surface area contributed by atoms with Crippen LogP contribution in [0.3, 0.4) is 0 Å². The molecule has 3 rings (SSSR count). The number of benzene rings is 3. The molecule has 0 unspecified atom stereocenters. The molecule has 234 valence electrons. The zero-order valence-corrected chi connectivity index (χ0v) is 26.1. The molecule has 0 spiro atoms. The van der Waals surface area contributed by atoms with Gasteiger partial charge in [0.2, 0.25) is 0 Å². The number of hydrogen-bond acceptors (Lipinski definition) is 6.